The fourth-order valence-electron chi connectivity index (χ4n) is 1.77. The quantitative estimate of drug-likeness (QED) is 0.844. The van der Waals surface area contributed by atoms with E-state index in [1.165, 1.54) is 7.05 Å². The Morgan fingerprint density at radius 3 is 1.94 bits per heavy atom. The third kappa shape index (κ3) is 3.46. The first-order valence-corrected chi connectivity index (χ1v) is 5.74. The van der Waals surface area contributed by atoms with Crippen molar-refractivity contribution in [3.63, 3.8) is 0 Å². The first kappa shape index (κ1) is 14.0. The number of hydrogen-bond donors (Lipinski definition) is 1. The summed E-state index contributed by atoms with van der Waals surface area (Å²) >= 11 is 0. The zero-order valence-electron chi connectivity index (χ0n) is 10.3. The largest absolute Gasteiger partial charge is 0.407 e. The van der Waals surface area contributed by atoms with E-state index in [1.807, 2.05) is 0 Å². The molecule has 4 heteroatoms. The highest BCUT2D eigenvalue weighted by Gasteiger charge is 2.39. The summed E-state index contributed by atoms with van der Waals surface area (Å²) in [4.78, 5) is 0. The Hall–Kier alpha value is -1.03. The van der Waals surface area contributed by atoms with Crippen molar-refractivity contribution in [2.75, 3.05) is 7.05 Å². The number of benzene rings is 1. The van der Waals surface area contributed by atoms with Gasteiger partial charge in [-0.1, -0.05) is 38.1 Å². The predicted octanol–water partition coefficient (Wildman–Crippen LogP) is 4.02. The van der Waals surface area contributed by atoms with Crippen LogP contribution in [0.2, 0.25) is 0 Å². The maximum absolute atomic E-state index is 12.7. The summed E-state index contributed by atoms with van der Waals surface area (Å²) in [6, 6.07) is 5.07. The molecule has 0 aromatic heterocycles. The minimum Gasteiger partial charge on any atom is -0.306 e. The van der Waals surface area contributed by atoms with Crippen LogP contribution >= 0.6 is 0 Å². The number of rotatable bonds is 4. The van der Waals surface area contributed by atoms with Crippen LogP contribution in [0, 0.1) is 0 Å². The van der Waals surface area contributed by atoms with Gasteiger partial charge in [-0.15, -0.1) is 0 Å². The van der Waals surface area contributed by atoms with Crippen molar-refractivity contribution in [2.24, 2.45) is 0 Å². The van der Waals surface area contributed by atoms with E-state index in [1.54, 1.807) is 24.3 Å². The molecule has 0 bridgehead atoms. The van der Waals surface area contributed by atoms with Crippen LogP contribution in [0.5, 0.6) is 0 Å². The van der Waals surface area contributed by atoms with Crippen molar-refractivity contribution in [1.29, 1.82) is 0 Å². The highest BCUT2D eigenvalue weighted by Crippen LogP contribution is 2.32. The third-order valence-corrected chi connectivity index (χ3v) is 3.07. The molecule has 0 fully saturated rings. The zero-order valence-corrected chi connectivity index (χ0v) is 10.3. The van der Waals surface area contributed by atoms with Crippen LogP contribution in [0.15, 0.2) is 24.3 Å². The summed E-state index contributed by atoms with van der Waals surface area (Å²) in [5.41, 5.74) is 1.33. The summed E-state index contributed by atoms with van der Waals surface area (Å²) < 4.78 is 38.0. The molecule has 0 heterocycles. The number of nitrogens with one attached hydrogen (secondary N) is 1. The molecule has 0 aliphatic heterocycles. The van der Waals surface area contributed by atoms with Crippen molar-refractivity contribution in [3.8, 4) is 0 Å². The van der Waals surface area contributed by atoms with Gasteiger partial charge in [-0.3, -0.25) is 0 Å². The van der Waals surface area contributed by atoms with Crippen molar-refractivity contribution in [3.05, 3.63) is 35.4 Å². The average molecular weight is 245 g/mol. The second-order valence-corrected chi connectivity index (χ2v) is 4.24. The van der Waals surface area contributed by atoms with E-state index < -0.39 is 12.2 Å². The van der Waals surface area contributed by atoms with E-state index in [4.69, 9.17) is 0 Å². The molecule has 1 nitrogen and oxygen atoms in total. The molecule has 0 saturated heterocycles. The van der Waals surface area contributed by atoms with Crippen LogP contribution in [0.4, 0.5) is 13.2 Å². The van der Waals surface area contributed by atoms with E-state index in [0.29, 0.717) is 5.92 Å². The Kier molecular flexibility index (Phi) is 4.57. The van der Waals surface area contributed by atoms with Gasteiger partial charge in [-0.25, -0.2) is 0 Å². The van der Waals surface area contributed by atoms with Crippen molar-refractivity contribution in [1.82, 2.24) is 5.32 Å². The summed E-state index contributed by atoms with van der Waals surface area (Å²) in [7, 11) is 1.32. The standard InChI is InChI=1S/C13H18F3N/c1-4-9(2)10-5-7-11(8-6-10)12(17-3)13(14,15)16/h5-9,12,17H,4H2,1-3H3. The van der Waals surface area contributed by atoms with Crippen molar-refractivity contribution < 1.29 is 13.2 Å². The molecule has 1 aromatic carbocycles. The third-order valence-electron chi connectivity index (χ3n) is 3.07. The van der Waals surface area contributed by atoms with Crippen molar-refractivity contribution in [2.45, 2.75) is 38.4 Å². The maximum Gasteiger partial charge on any atom is 0.407 e. The average Bonchev–Trinajstić information content (AvgIpc) is 2.28. The molecule has 0 amide bonds. The predicted molar refractivity (Wildman–Crippen MR) is 63.0 cm³/mol. The fourth-order valence-corrected chi connectivity index (χ4v) is 1.77. The minimum absolute atomic E-state index is 0.257. The van der Waals surface area contributed by atoms with E-state index >= 15 is 0 Å². The Labute approximate surface area is 100 Å². The number of hydrogen-bond acceptors (Lipinski definition) is 1. The zero-order chi connectivity index (χ0) is 13.1. The van der Waals surface area contributed by atoms with Gasteiger partial charge >= 0.3 is 6.18 Å². The first-order chi connectivity index (χ1) is 7.90. The lowest BCUT2D eigenvalue weighted by Gasteiger charge is -2.20. The molecule has 0 spiro atoms. The van der Waals surface area contributed by atoms with Crippen LogP contribution in [0.25, 0.3) is 0 Å². The highest BCUT2D eigenvalue weighted by molar-refractivity contribution is 5.27. The molecular formula is C13H18F3N. The van der Waals surface area contributed by atoms with Gasteiger partial charge in [0, 0.05) is 0 Å². The van der Waals surface area contributed by atoms with Gasteiger partial charge in [-0.05, 0) is 30.5 Å². The van der Waals surface area contributed by atoms with Crippen molar-refractivity contribution >= 4 is 0 Å². The Balaban J connectivity index is 2.93. The van der Waals surface area contributed by atoms with Gasteiger partial charge in [-0.2, -0.15) is 13.2 Å². The van der Waals surface area contributed by atoms with Crippen LogP contribution in [-0.4, -0.2) is 13.2 Å². The molecular weight excluding hydrogens is 227 g/mol. The van der Waals surface area contributed by atoms with E-state index in [0.717, 1.165) is 12.0 Å². The SMILES string of the molecule is CCC(C)c1ccc(C(NC)C(F)(F)F)cc1. The molecule has 0 saturated carbocycles. The molecule has 17 heavy (non-hydrogen) atoms. The fraction of sp³-hybridized carbons (Fsp3) is 0.538. The van der Waals surface area contributed by atoms with Crippen LogP contribution in [0.1, 0.15) is 43.4 Å². The molecule has 1 aromatic rings. The highest BCUT2D eigenvalue weighted by atomic mass is 19.4. The summed E-state index contributed by atoms with van der Waals surface area (Å²) in [5, 5.41) is 2.30. The summed E-state index contributed by atoms with van der Waals surface area (Å²) in [5.74, 6) is 0.378. The molecule has 1 N–H and O–H groups in total. The first-order valence-electron chi connectivity index (χ1n) is 5.74. The van der Waals surface area contributed by atoms with Crippen LogP contribution in [-0.2, 0) is 0 Å². The Morgan fingerprint density at radius 2 is 1.59 bits per heavy atom. The lowest BCUT2D eigenvalue weighted by Crippen LogP contribution is -2.31. The minimum atomic E-state index is -4.26. The second-order valence-electron chi connectivity index (χ2n) is 4.24. The van der Waals surface area contributed by atoms with Gasteiger partial charge in [0.1, 0.15) is 6.04 Å². The molecule has 1 rings (SSSR count). The Morgan fingerprint density at radius 1 is 1.12 bits per heavy atom. The van der Waals surface area contributed by atoms with Gasteiger partial charge in [0.2, 0.25) is 0 Å². The monoisotopic (exact) mass is 245 g/mol. The molecule has 0 aliphatic rings. The van der Waals surface area contributed by atoms with Crippen LogP contribution < -0.4 is 5.32 Å². The number of halogens is 3. The topological polar surface area (TPSA) is 12.0 Å². The van der Waals surface area contributed by atoms with Gasteiger partial charge in [0.15, 0.2) is 0 Å². The lowest BCUT2D eigenvalue weighted by molar-refractivity contribution is -0.156. The van der Waals surface area contributed by atoms with Gasteiger partial charge in [0.25, 0.3) is 0 Å². The van der Waals surface area contributed by atoms with E-state index in [-0.39, 0.29) is 5.56 Å². The van der Waals surface area contributed by atoms with Gasteiger partial charge in [0.05, 0.1) is 0 Å². The second kappa shape index (κ2) is 5.54. The normalized spacial score (nSPS) is 15.6. The van der Waals surface area contributed by atoms with E-state index in [9.17, 15) is 13.2 Å². The summed E-state index contributed by atoms with van der Waals surface area (Å²) in [6.45, 7) is 4.12. The number of alkyl halides is 3. The molecule has 0 radical (unpaired) electrons. The molecule has 96 valence electrons. The molecule has 2 unspecified atom stereocenters. The summed E-state index contributed by atoms with van der Waals surface area (Å²) in [6.07, 6.45) is -3.28. The smallest absolute Gasteiger partial charge is 0.306 e. The molecule has 2 atom stereocenters. The Bertz CT molecular complexity index is 343. The van der Waals surface area contributed by atoms with Gasteiger partial charge < -0.3 is 5.32 Å². The van der Waals surface area contributed by atoms with E-state index in [2.05, 4.69) is 19.2 Å². The molecule has 0 aliphatic carbocycles. The van der Waals surface area contributed by atoms with Crippen LogP contribution in [0.3, 0.4) is 0 Å². The maximum atomic E-state index is 12.7. The lowest BCUT2D eigenvalue weighted by atomic mass is 9.96.